The van der Waals surface area contributed by atoms with Crippen molar-refractivity contribution >= 4 is 0 Å². The molecule has 1 heterocycles. The van der Waals surface area contributed by atoms with Crippen molar-refractivity contribution in [1.29, 1.82) is 0 Å². The first-order valence-corrected chi connectivity index (χ1v) is 7.50. The minimum absolute atomic E-state index is 0.632. The predicted octanol–water partition coefficient (Wildman–Crippen LogP) is 3.28. The highest BCUT2D eigenvalue weighted by Gasteiger charge is 2.06. The topological polar surface area (TPSA) is 26.2 Å². The molecule has 3 nitrogen and oxygen atoms in total. The average molecular weight is 266 g/mol. The molecule has 1 aromatic rings. The zero-order chi connectivity index (χ0) is 14.3. The van der Waals surface area contributed by atoms with Gasteiger partial charge in [0.2, 0.25) is 0 Å². The summed E-state index contributed by atoms with van der Waals surface area (Å²) < 4.78 is 7.93. The Kier molecular flexibility index (Phi) is 7.17. The van der Waals surface area contributed by atoms with Crippen LogP contribution >= 0.6 is 0 Å². The maximum absolute atomic E-state index is 5.57. The number of hydrogen-bond acceptors (Lipinski definition) is 2. The van der Waals surface area contributed by atoms with Crippen LogP contribution in [0.3, 0.4) is 0 Å². The van der Waals surface area contributed by atoms with Crippen LogP contribution in [0.4, 0.5) is 0 Å². The normalized spacial score (nSPS) is 11.5. The number of hydrogen-bond donors (Lipinski definition) is 1. The summed E-state index contributed by atoms with van der Waals surface area (Å²) in [5.41, 5.74) is 4.17. The van der Waals surface area contributed by atoms with Crippen molar-refractivity contribution in [2.45, 2.75) is 54.1 Å². The Morgan fingerprint density at radius 1 is 1.32 bits per heavy atom. The Labute approximate surface area is 118 Å². The number of ether oxygens (including phenoxy) is 1. The van der Waals surface area contributed by atoms with E-state index in [1.807, 2.05) is 0 Å². The molecule has 110 valence electrons. The second-order valence-corrected chi connectivity index (χ2v) is 5.64. The van der Waals surface area contributed by atoms with Gasteiger partial charge in [0.05, 0.1) is 0 Å². The Bertz CT molecular complexity index is 369. The van der Waals surface area contributed by atoms with Crippen LogP contribution in [0.5, 0.6) is 0 Å². The molecule has 19 heavy (non-hydrogen) atoms. The summed E-state index contributed by atoms with van der Waals surface area (Å²) in [6.45, 7) is 15.7. The molecule has 0 radical (unpaired) electrons. The lowest BCUT2D eigenvalue weighted by Crippen LogP contribution is -2.17. The molecule has 0 fully saturated rings. The molecule has 1 rings (SSSR count). The third kappa shape index (κ3) is 5.37. The largest absolute Gasteiger partial charge is 0.381 e. The quantitative estimate of drug-likeness (QED) is 0.694. The van der Waals surface area contributed by atoms with Crippen molar-refractivity contribution < 1.29 is 4.74 Å². The molecule has 0 bridgehead atoms. The summed E-state index contributed by atoms with van der Waals surface area (Å²) in [6, 6.07) is 2.29. The maximum atomic E-state index is 5.57. The number of nitrogens with zero attached hydrogens (tertiary/aromatic N) is 1. The lowest BCUT2D eigenvalue weighted by atomic mass is 10.2. The van der Waals surface area contributed by atoms with Crippen molar-refractivity contribution in [2.24, 2.45) is 5.92 Å². The minimum atomic E-state index is 0.632. The van der Waals surface area contributed by atoms with Gasteiger partial charge in [-0.15, -0.1) is 0 Å². The first-order chi connectivity index (χ1) is 9.06. The number of nitrogens with one attached hydrogen (secondary N) is 1. The van der Waals surface area contributed by atoms with Gasteiger partial charge in [0.1, 0.15) is 0 Å². The van der Waals surface area contributed by atoms with Crippen LogP contribution in [0.25, 0.3) is 0 Å². The summed E-state index contributed by atoms with van der Waals surface area (Å²) in [7, 11) is 0. The Balaban J connectivity index is 2.19. The lowest BCUT2D eigenvalue weighted by Gasteiger charge is -2.08. The van der Waals surface area contributed by atoms with E-state index in [4.69, 9.17) is 4.74 Å². The monoisotopic (exact) mass is 266 g/mol. The van der Waals surface area contributed by atoms with Crippen molar-refractivity contribution in [2.75, 3.05) is 19.8 Å². The summed E-state index contributed by atoms with van der Waals surface area (Å²) in [5, 5.41) is 3.50. The van der Waals surface area contributed by atoms with Crippen molar-refractivity contribution in [3.63, 3.8) is 0 Å². The average Bonchev–Trinajstić information content (AvgIpc) is 2.62. The summed E-state index contributed by atoms with van der Waals surface area (Å²) in [6.07, 6.45) is 1.08. The van der Waals surface area contributed by atoms with E-state index in [1.54, 1.807) is 0 Å². The standard InChI is InChI=1S/C16H30N2O/c1-6-18-14(4)10-16(15(18)5)11-17-8-7-9-19-12-13(2)3/h10,13,17H,6-9,11-12H2,1-5H3. The van der Waals surface area contributed by atoms with Crippen molar-refractivity contribution in [3.8, 4) is 0 Å². The third-order valence-electron chi connectivity index (χ3n) is 3.40. The van der Waals surface area contributed by atoms with Crippen molar-refractivity contribution in [3.05, 3.63) is 23.0 Å². The second-order valence-electron chi connectivity index (χ2n) is 5.64. The van der Waals surface area contributed by atoms with Crippen molar-refractivity contribution in [1.82, 2.24) is 9.88 Å². The minimum Gasteiger partial charge on any atom is -0.381 e. The molecular formula is C16H30N2O. The van der Waals surface area contributed by atoms with Crippen LogP contribution in [-0.2, 0) is 17.8 Å². The van der Waals surface area contributed by atoms with Crippen LogP contribution in [-0.4, -0.2) is 24.3 Å². The number of aryl methyl sites for hydroxylation is 1. The van der Waals surface area contributed by atoms with Gasteiger partial charge in [0, 0.05) is 37.7 Å². The van der Waals surface area contributed by atoms with E-state index in [-0.39, 0.29) is 0 Å². The molecule has 0 aliphatic heterocycles. The van der Waals surface area contributed by atoms with Gasteiger partial charge in [-0.25, -0.2) is 0 Å². The Morgan fingerprint density at radius 3 is 2.63 bits per heavy atom. The van der Waals surface area contributed by atoms with E-state index in [0.29, 0.717) is 5.92 Å². The van der Waals surface area contributed by atoms with Crippen LogP contribution in [0.15, 0.2) is 6.07 Å². The highest BCUT2D eigenvalue weighted by molar-refractivity contribution is 5.26. The fourth-order valence-corrected chi connectivity index (χ4v) is 2.38. The van der Waals surface area contributed by atoms with E-state index < -0.39 is 0 Å². The SMILES string of the molecule is CCn1c(C)cc(CNCCCOCC(C)C)c1C. The van der Waals surface area contributed by atoms with Gasteiger partial charge in [0.15, 0.2) is 0 Å². The molecule has 0 unspecified atom stereocenters. The van der Waals surface area contributed by atoms with E-state index in [9.17, 15) is 0 Å². The molecule has 0 amide bonds. The molecule has 0 spiro atoms. The van der Waals surface area contributed by atoms with Crippen LogP contribution in [0.1, 0.15) is 44.1 Å². The smallest absolute Gasteiger partial charge is 0.0489 e. The van der Waals surface area contributed by atoms with Gasteiger partial charge in [-0.05, 0) is 51.3 Å². The lowest BCUT2D eigenvalue weighted by molar-refractivity contribution is 0.108. The van der Waals surface area contributed by atoms with E-state index >= 15 is 0 Å². The predicted molar refractivity (Wildman–Crippen MR) is 81.6 cm³/mol. The van der Waals surface area contributed by atoms with E-state index in [0.717, 1.165) is 39.3 Å². The Morgan fingerprint density at radius 2 is 2.05 bits per heavy atom. The molecule has 0 aromatic carbocycles. The fraction of sp³-hybridized carbons (Fsp3) is 0.750. The van der Waals surface area contributed by atoms with Gasteiger partial charge in [-0.1, -0.05) is 13.8 Å². The molecule has 0 saturated carbocycles. The van der Waals surface area contributed by atoms with Crippen LogP contribution in [0, 0.1) is 19.8 Å². The van der Waals surface area contributed by atoms with Crippen LogP contribution in [0.2, 0.25) is 0 Å². The zero-order valence-electron chi connectivity index (χ0n) is 13.3. The number of rotatable bonds is 9. The molecule has 0 aliphatic rings. The second kappa shape index (κ2) is 8.39. The van der Waals surface area contributed by atoms with Gasteiger partial charge in [-0.3, -0.25) is 0 Å². The Hall–Kier alpha value is -0.800. The van der Waals surface area contributed by atoms with Gasteiger partial charge >= 0.3 is 0 Å². The van der Waals surface area contributed by atoms with Gasteiger partial charge < -0.3 is 14.6 Å². The van der Waals surface area contributed by atoms with E-state index in [2.05, 4.69) is 50.6 Å². The molecule has 3 heteroatoms. The summed E-state index contributed by atoms with van der Waals surface area (Å²) in [4.78, 5) is 0. The van der Waals surface area contributed by atoms with Crippen LogP contribution < -0.4 is 5.32 Å². The fourth-order valence-electron chi connectivity index (χ4n) is 2.38. The highest BCUT2D eigenvalue weighted by Crippen LogP contribution is 2.14. The first kappa shape index (κ1) is 16.3. The molecular weight excluding hydrogens is 236 g/mol. The molecule has 1 N–H and O–H groups in total. The van der Waals surface area contributed by atoms with E-state index in [1.165, 1.54) is 17.0 Å². The molecule has 0 aliphatic carbocycles. The number of aromatic nitrogens is 1. The molecule has 1 aromatic heterocycles. The summed E-state index contributed by atoms with van der Waals surface area (Å²) >= 11 is 0. The van der Waals surface area contributed by atoms with Gasteiger partial charge in [0.25, 0.3) is 0 Å². The van der Waals surface area contributed by atoms with Gasteiger partial charge in [-0.2, -0.15) is 0 Å². The molecule has 0 atom stereocenters. The highest BCUT2D eigenvalue weighted by atomic mass is 16.5. The zero-order valence-corrected chi connectivity index (χ0v) is 13.3. The third-order valence-corrected chi connectivity index (χ3v) is 3.40. The maximum Gasteiger partial charge on any atom is 0.0489 e. The first-order valence-electron chi connectivity index (χ1n) is 7.50. The summed E-state index contributed by atoms with van der Waals surface area (Å²) in [5.74, 6) is 0.632. The molecule has 0 saturated heterocycles.